The first kappa shape index (κ1) is 15.2. The Morgan fingerprint density at radius 1 is 1.04 bits per heavy atom. The number of nitrogens with zero attached hydrogens (tertiary/aromatic N) is 2. The van der Waals surface area contributed by atoms with Crippen molar-refractivity contribution in [2.45, 2.75) is 27.7 Å². The summed E-state index contributed by atoms with van der Waals surface area (Å²) in [5.74, 6) is -0.143. The standard InChI is InChI=1S/C19H19N3O/c1-11-7-12(2)18(13(3)8-11)22-19(23)16-9-15-10-20-6-5-17(15)21-14(16)4/h5-10H,1-4H3,(H,22,23). The van der Waals surface area contributed by atoms with Gasteiger partial charge in [-0.25, -0.2) is 0 Å². The molecular formula is C19H19N3O. The lowest BCUT2D eigenvalue weighted by Crippen LogP contribution is -2.16. The highest BCUT2D eigenvalue weighted by atomic mass is 16.1. The molecule has 0 radical (unpaired) electrons. The Bertz CT molecular complexity index is 893. The van der Waals surface area contributed by atoms with Gasteiger partial charge in [0.2, 0.25) is 0 Å². The number of nitrogens with one attached hydrogen (secondary N) is 1. The number of carbonyl (C=O) groups excluding carboxylic acids is 1. The number of anilines is 1. The van der Waals surface area contributed by atoms with Crippen LogP contribution < -0.4 is 5.32 Å². The summed E-state index contributed by atoms with van der Waals surface area (Å²) in [5, 5.41) is 3.89. The second-order valence-corrected chi connectivity index (χ2v) is 5.92. The largest absolute Gasteiger partial charge is 0.321 e. The number of hydrogen-bond acceptors (Lipinski definition) is 3. The summed E-state index contributed by atoms with van der Waals surface area (Å²) in [5.41, 5.74) is 6.30. The van der Waals surface area contributed by atoms with Crippen LogP contribution in [0.15, 0.2) is 36.7 Å². The van der Waals surface area contributed by atoms with E-state index in [0.29, 0.717) is 11.3 Å². The maximum Gasteiger partial charge on any atom is 0.257 e. The predicted octanol–water partition coefficient (Wildman–Crippen LogP) is 4.12. The molecule has 0 bridgehead atoms. The minimum Gasteiger partial charge on any atom is -0.321 e. The Kier molecular flexibility index (Phi) is 3.82. The highest BCUT2D eigenvalue weighted by Crippen LogP contribution is 2.23. The molecule has 0 fully saturated rings. The van der Waals surface area contributed by atoms with Crippen LogP contribution in [0.5, 0.6) is 0 Å². The number of benzene rings is 1. The average Bonchev–Trinajstić information content (AvgIpc) is 2.50. The number of fused-ring (bicyclic) bond motifs is 1. The van der Waals surface area contributed by atoms with Gasteiger partial charge in [-0.2, -0.15) is 0 Å². The van der Waals surface area contributed by atoms with E-state index in [9.17, 15) is 4.79 Å². The lowest BCUT2D eigenvalue weighted by Gasteiger charge is -2.14. The van der Waals surface area contributed by atoms with E-state index in [0.717, 1.165) is 27.7 Å². The van der Waals surface area contributed by atoms with Gasteiger partial charge >= 0.3 is 0 Å². The summed E-state index contributed by atoms with van der Waals surface area (Å²) < 4.78 is 0. The number of rotatable bonds is 2. The van der Waals surface area contributed by atoms with E-state index in [4.69, 9.17) is 0 Å². The highest BCUT2D eigenvalue weighted by Gasteiger charge is 2.14. The molecule has 0 unspecified atom stereocenters. The van der Waals surface area contributed by atoms with Gasteiger partial charge in [-0.15, -0.1) is 0 Å². The second-order valence-electron chi connectivity index (χ2n) is 5.92. The zero-order valence-corrected chi connectivity index (χ0v) is 13.8. The zero-order valence-electron chi connectivity index (χ0n) is 13.8. The first-order valence-corrected chi connectivity index (χ1v) is 7.56. The predicted molar refractivity (Wildman–Crippen MR) is 92.9 cm³/mol. The molecule has 3 rings (SSSR count). The quantitative estimate of drug-likeness (QED) is 0.775. The van der Waals surface area contributed by atoms with E-state index in [1.807, 2.05) is 32.9 Å². The molecule has 0 aliphatic heterocycles. The van der Waals surface area contributed by atoms with Crippen molar-refractivity contribution in [2.24, 2.45) is 0 Å². The molecule has 23 heavy (non-hydrogen) atoms. The minimum absolute atomic E-state index is 0.143. The molecular weight excluding hydrogens is 286 g/mol. The lowest BCUT2D eigenvalue weighted by molar-refractivity contribution is 0.102. The van der Waals surface area contributed by atoms with Gasteiger partial charge in [0.25, 0.3) is 5.91 Å². The Morgan fingerprint density at radius 2 is 1.74 bits per heavy atom. The molecule has 1 N–H and O–H groups in total. The molecule has 0 aliphatic carbocycles. The van der Waals surface area contributed by atoms with Crippen molar-refractivity contribution in [3.05, 3.63) is 64.6 Å². The van der Waals surface area contributed by atoms with Crippen LogP contribution in [0.1, 0.15) is 32.7 Å². The molecule has 0 saturated carbocycles. The molecule has 4 nitrogen and oxygen atoms in total. The summed E-state index contributed by atoms with van der Waals surface area (Å²) in [6.45, 7) is 7.91. The number of aromatic nitrogens is 2. The van der Waals surface area contributed by atoms with E-state index < -0.39 is 0 Å². The summed E-state index contributed by atoms with van der Waals surface area (Å²) >= 11 is 0. The van der Waals surface area contributed by atoms with Crippen LogP contribution in [0.4, 0.5) is 5.69 Å². The van der Waals surface area contributed by atoms with Gasteiger partial charge in [-0.1, -0.05) is 17.7 Å². The Balaban J connectivity index is 2.00. The van der Waals surface area contributed by atoms with Crippen LogP contribution in [0.25, 0.3) is 10.9 Å². The summed E-state index contributed by atoms with van der Waals surface area (Å²) in [6, 6.07) is 7.83. The third-order valence-electron chi connectivity index (χ3n) is 3.97. The maximum atomic E-state index is 12.7. The maximum absolute atomic E-state index is 12.7. The summed E-state index contributed by atoms with van der Waals surface area (Å²) in [6.07, 6.45) is 3.43. The molecule has 1 amide bonds. The fourth-order valence-corrected chi connectivity index (χ4v) is 2.90. The fraction of sp³-hybridized carbons (Fsp3) is 0.211. The molecule has 2 heterocycles. The number of aryl methyl sites for hydroxylation is 4. The minimum atomic E-state index is -0.143. The summed E-state index contributed by atoms with van der Waals surface area (Å²) in [4.78, 5) is 21.3. The number of amides is 1. The molecule has 0 atom stereocenters. The Hall–Kier alpha value is -2.75. The first-order chi connectivity index (χ1) is 11.0. The van der Waals surface area contributed by atoms with Crippen LogP contribution in [-0.4, -0.2) is 15.9 Å². The van der Waals surface area contributed by atoms with Crippen molar-refractivity contribution in [2.75, 3.05) is 5.32 Å². The first-order valence-electron chi connectivity index (χ1n) is 7.56. The molecule has 0 saturated heterocycles. The molecule has 0 spiro atoms. The zero-order chi connectivity index (χ0) is 16.6. The topological polar surface area (TPSA) is 54.9 Å². The van der Waals surface area contributed by atoms with Crippen LogP contribution in [0, 0.1) is 27.7 Å². The molecule has 4 heteroatoms. The van der Waals surface area contributed by atoms with Crippen molar-refractivity contribution in [1.82, 2.24) is 9.97 Å². The number of pyridine rings is 2. The monoisotopic (exact) mass is 305 g/mol. The van der Waals surface area contributed by atoms with Crippen molar-refractivity contribution in [3.63, 3.8) is 0 Å². The van der Waals surface area contributed by atoms with Crippen molar-refractivity contribution in [3.8, 4) is 0 Å². The third-order valence-corrected chi connectivity index (χ3v) is 3.97. The molecule has 1 aromatic carbocycles. The van der Waals surface area contributed by atoms with Crippen molar-refractivity contribution in [1.29, 1.82) is 0 Å². The fourth-order valence-electron chi connectivity index (χ4n) is 2.90. The van der Waals surface area contributed by atoms with E-state index in [-0.39, 0.29) is 5.91 Å². The van der Waals surface area contributed by atoms with Gasteiger partial charge in [0, 0.05) is 23.5 Å². The second kappa shape index (κ2) is 5.80. The highest BCUT2D eigenvalue weighted by molar-refractivity contribution is 6.07. The van der Waals surface area contributed by atoms with Crippen molar-refractivity contribution >= 4 is 22.5 Å². The van der Waals surface area contributed by atoms with E-state index in [1.54, 1.807) is 12.4 Å². The van der Waals surface area contributed by atoms with E-state index >= 15 is 0 Å². The SMILES string of the molecule is Cc1cc(C)c(NC(=O)c2cc3cnccc3nc2C)c(C)c1. The molecule has 3 aromatic rings. The van der Waals surface area contributed by atoms with Gasteiger partial charge in [-0.3, -0.25) is 14.8 Å². The third kappa shape index (κ3) is 2.93. The van der Waals surface area contributed by atoms with Gasteiger partial charge < -0.3 is 5.32 Å². The van der Waals surface area contributed by atoms with Crippen LogP contribution in [-0.2, 0) is 0 Å². The van der Waals surface area contributed by atoms with Gasteiger partial charge in [0.15, 0.2) is 0 Å². The molecule has 2 aromatic heterocycles. The number of hydrogen-bond donors (Lipinski definition) is 1. The Labute approximate surface area is 135 Å². The Morgan fingerprint density at radius 3 is 2.43 bits per heavy atom. The lowest BCUT2D eigenvalue weighted by atomic mass is 10.0. The normalized spacial score (nSPS) is 10.8. The van der Waals surface area contributed by atoms with Crippen molar-refractivity contribution < 1.29 is 4.79 Å². The average molecular weight is 305 g/mol. The number of carbonyl (C=O) groups is 1. The molecule has 0 aliphatic rings. The van der Waals surface area contributed by atoms with Crippen LogP contribution in [0.2, 0.25) is 0 Å². The van der Waals surface area contributed by atoms with Gasteiger partial charge in [-0.05, 0) is 51.0 Å². The van der Waals surface area contributed by atoms with Gasteiger partial charge in [0.05, 0.1) is 16.8 Å². The van der Waals surface area contributed by atoms with Crippen LogP contribution in [0.3, 0.4) is 0 Å². The van der Waals surface area contributed by atoms with Gasteiger partial charge in [0.1, 0.15) is 0 Å². The molecule has 116 valence electrons. The van der Waals surface area contributed by atoms with Crippen LogP contribution >= 0.6 is 0 Å². The van der Waals surface area contributed by atoms with E-state index in [2.05, 4.69) is 34.3 Å². The summed E-state index contributed by atoms with van der Waals surface area (Å²) in [7, 11) is 0. The smallest absolute Gasteiger partial charge is 0.257 e. The van der Waals surface area contributed by atoms with E-state index in [1.165, 1.54) is 5.56 Å².